The number of piperidine rings is 1. The molecule has 0 N–H and O–H groups in total. The lowest BCUT2D eigenvalue weighted by atomic mass is 9.92. The van der Waals surface area contributed by atoms with Crippen LogP contribution < -0.4 is 5.56 Å². The maximum atomic E-state index is 13.0. The first-order valence-electron chi connectivity index (χ1n) is 10.2. The number of carbonyl (C=O) groups excluding carboxylic acids is 1. The maximum Gasteiger partial charge on any atom is 0.275 e. The van der Waals surface area contributed by atoms with Gasteiger partial charge in [-0.15, -0.1) is 0 Å². The zero-order valence-electron chi connectivity index (χ0n) is 16.9. The van der Waals surface area contributed by atoms with Crippen molar-refractivity contribution < 1.29 is 4.79 Å². The summed E-state index contributed by atoms with van der Waals surface area (Å²) in [6, 6.07) is 11.4. The number of rotatable bonds is 4. The van der Waals surface area contributed by atoms with E-state index in [1.807, 2.05) is 35.2 Å². The third kappa shape index (κ3) is 4.21. The SMILES string of the molecule is C[C@@H]1C[C@H](C)CN(C(=O)Cn2nc(Cc3ccncc3)c3ccccc3c2=O)C1. The molecule has 1 amide bonds. The van der Waals surface area contributed by atoms with E-state index in [1.54, 1.807) is 18.5 Å². The van der Waals surface area contributed by atoms with Gasteiger partial charge in [0.15, 0.2) is 0 Å². The average molecular weight is 390 g/mol. The van der Waals surface area contributed by atoms with Gasteiger partial charge in [-0.2, -0.15) is 5.10 Å². The van der Waals surface area contributed by atoms with E-state index in [2.05, 4.69) is 23.9 Å². The summed E-state index contributed by atoms with van der Waals surface area (Å²) >= 11 is 0. The predicted octanol–water partition coefficient (Wildman–Crippen LogP) is 2.89. The largest absolute Gasteiger partial charge is 0.341 e. The lowest BCUT2D eigenvalue weighted by Crippen LogP contribution is -2.45. The van der Waals surface area contributed by atoms with Crippen LogP contribution >= 0.6 is 0 Å². The molecule has 1 fully saturated rings. The molecular weight excluding hydrogens is 364 g/mol. The van der Waals surface area contributed by atoms with Crippen LogP contribution in [-0.4, -0.2) is 38.7 Å². The molecule has 2 atom stereocenters. The van der Waals surface area contributed by atoms with Gasteiger partial charge in [-0.25, -0.2) is 4.68 Å². The lowest BCUT2D eigenvalue weighted by molar-refractivity contribution is -0.134. The van der Waals surface area contributed by atoms with Crippen LogP contribution in [0, 0.1) is 11.8 Å². The summed E-state index contributed by atoms with van der Waals surface area (Å²) in [5.41, 5.74) is 1.64. The van der Waals surface area contributed by atoms with Crippen molar-refractivity contribution in [1.82, 2.24) is 19.7 Å². The highest BCUT2D eigenvalue weighted by Crippen LogP contribution is 2.21. The molecule has 150 valence electrons. The fourth-order valence-corrected chi connectivity index (χ4v) is 4.33. The van der Waals surface area contributed by atoms with E-state index in [-0.39, 0.29) is 18.0 Å². The van der Waals surface area contributed by atoms with E-state index in [1.165, 1.54) is 4.68 Å². The van der Waals surface area contributed by atoms with Gasteiger partial charge in [-0.05, 0) is 42.0 Å². The predicted molar refractivity (Wildman–Crippen MR) is 113 cm³/mol. The summed E-state index contributed by atoms with van der Waals surface area (Å²) in [5, 5.41) is 6.03. The fraction of sp³-hybridized carbons (Fsp3) is 0.391. The van der Waals surface area contributed by atoms with E-state index in [0.29, 0.717) is 23.6 Å². The molecule has 1 aromatic carbocycles. The molecule has 0 unspecified atom stereocenters. The van der Waals surface area contributed by atoms with Gasteiger partial charge in [0.2, 0.25) is 5.91 Å². The number of amides is 1. The first-order valence-corrected chi connectivity index (χ1v) is 10.2. The van der Waals surface area contributed by atoms with Gasteiger partial charge in [0.1, 0.15) is 6.54 Å². The van der Waals surface area contributed by atoms with Crippen LogP contribution in [0.5, 0.6) is 0 Å². The van der Waals surface area contributed by atoms with Gasteiger partial charge in [-0.3, -0.25) is 14.6 Å². The van der Waals surface area contributed by atoms with Crippen LogP contribution in [0.25, 0.3) is 10.8 Å². The van der Waals surface area contributed by atoms with Crippen molar-refractivity contribution in [3.63, 3.8) is 0 Å². The van der Waals surface area contributed by atoms with Crippen LogP contribution in [0.1, 0.15) is 31.5 Å². The monoisotopic (exact) mass is 390 g/mol. The summed E-state index contributed by atoms with van der Waals surface area (Å²) in [4.78, 5) is 31.9. The maximum absolute atomic E-state index is 13.0. The molecule has 1 aliphatic heterocycles. The van der Waals surface area contributed by atoms with E-state index < -0.39 is 0 Å². The molecule has 29 heavy (non-hydrogen) atoms. The third-order valence-corrected chi connectivity index (χ3v) is 5.57. The molecule has 6 heteroatoms. The van der Waals surface area contributed by atoms with Crippen molar-refractivity contribution in [2.75, 3.05) is 13.1 Å². The smallest absolute Gasteiger partial charge is 0.275 e. The third-order valence-electron chi connectivity index (χ3n) is 5.57. The number of nitrogens with zero attached hydrogens (tertiary/aromatic N) is 4. The molecule has 0 spiro atoms. The van der Waals surface area contributed by atoms with Crippen molar-refractivity contribution in [3.05, 3.63) is 70.4 Å². The Labute approximate surface area is 170 Å². The first-order chi connectivity index (χ1) is 14.0. The summed E-state index contributed by atoms with van der Waals surface area (Å²) in [6.07, 6.45) is 5.20. The molecule has 0 radical (unpaired) electrons. The fourth-order valence-electron chi connectivity index (χ4n) is 4.33. The average Bonchev–Trinajstić information content (AvgIpc) is 2.71. The second-order valence-corrected chi connectivity index (χ2v) is 8.23. The minimum atomic E-state index is -0.217. The first kappa shape index (κ1) is 19.3. The van der Waals surface area contributed by atoms with Crippen LogP contribution in [-0.2, 0) is 17.8 Å². The quantitative estimate of drug-likeness (QED) is 0.687. The molecule has 0 aliphatic carbocycles. The number of hydrogen-bond acceptors (Lipinski definition) is 4. The van der Waals surface area contributed by atoms with Crippen LogP contribution in [0.4, 0.5) is 0 Å². The highest BCUT2D eigenvalue weighted by atomic mass is 16.2. The van der Waals surface area contributed by atoms with Crippen molar-refractivity contribution in [2.24, 2.45) is 11.8 Å². The lowest BCUT2D eigenvalue weighted by Gasteiger charge is -2.35. The van der Waals surface area contributed by atoms with Crippen LogP contribution in [0.3, 0.4) is 0 Å². The number of carbonyl (C=O) groups is 1. The molecule has 4 rings (SSSR count). The zero-order chi connectivity index (χ0) is 20.4. The van der Waals surface area contributed by atoms with Gasteiger partial charge < -0.3 is 4.90 Å². The van der Waals surface area contributed by atoms with Gasteiger partial charge >= 0.3 is 0 Å². The Morgan fingerprint density at radius 1 is 1.03 bits per heavy atom. The van der Waals surface area contributed by atoms with Crippen molar-refractivity contribution in [3.8, 4) is 0 Å². The number of fused-ring (bicyclic) bond motifs is 1. The summed E-state index contributed by atoms with van der Waals surface area (Å²) in [6.45, 7) is 5.81. The summed E-state index contributed by atoms with van der Waals surface area (Å²) in [7, 11) is 0. The standard InChI is InChI=1S/C23H26N4O2/c1-16-11-17(2)14-26(13-16)22(28)15-27-23(29)20-6-4-3-5-19(20)21(25-27)12-18-7-9-24-10-8-18/h3-10,16-17H,11-15H2,1-2H3/t16-,17+. The molecule has 1 aliphatic rings. The highest BCUT2D eigenvalue weighted by molar-refractivity contribution is 5.84. The minimum absolute atomic E-state index is 0.0214. The zero-order valence-corrected chi connectivity index (χ0v) is 16.9. The van der Waals surface area contributed by atoms with Gasteiger partial charge in [0, 0.05) is 37.3 Å². The molecule has 3 heterocycles. The molecule has 0 saturated carbocycles. The Hall–Kier alpha value is -3.02. The molecule has 0 bridgehead atoms. The van der Waals surface area contributed by atoms with Gasteiger partial charge in [-0.1, -0.05) is 32.0 Å². The molecule has 6 nitrogen and oxygen atoms in total. The van der Waals surface area contributed by atoms with Crippen molar-refractivity contribution >= 4 is 16.7 Å². The summed E-state index contributed by atoms with van der Waals surface area (Å²) in [5.74, 6) is 0.917. The Balaban J connectivity index is 1.68. The van der Waals surface area contributed by atoms with E-state index in [9.17, 15) is 9.59 Å². The number of hydrogen-bond donors (Lipinski definition) is 0. The van der Waals surface area contributed by atoms with Crippen molar-refractivity contribution in [1.29, 1.82) is 0 Å². The van der Waals surface area contributed by atoms with Crippen LogP contribution in [0.15, 0.2) is 53.6 Å². The highest BCUT2D eigenvalue weighted by Gasteiger charge is 2.26. The second kappa shape index (κ2) is 8.15. The molecular formula is C23H26N4O2. The molecule has 3 aromatic rings. The Kier molecular flexibility index (Phi) is 5.43. The summed E-state index contributed by atoms with van der Waals surface area (Å²) < 4.78 is 1.34. The Morgan fingerprint density at radius 2 is 1.69 bits per heavy atom. The Morgan fingerprint density at radius 3 is 2.38 bits per heavy atom. The minimum Gasteiger partial charge on any atom is -0.341 e. The van der Waals surface area contributed by atoms with Gasteiger partial charge in [0.25, 0.3) is 5.56 Å². The van der Waals surface area contributed by atoms with Crippen LogP contribution in [0.2, 0.25) is 0 Å². The number of aromatic nitrogens is 3. The number of benzene rings is 1. The van der Waals surface area contributed by atoms with E-state index in [0.717, 1.165) is 36.2 Å². The molecule has 2 aromatic heterocycles. The normalized spacial score (nSPS) is 19.4. The topological polar surface area (TPSA) is 68.1 Å². The van der Waals surface area contributed by atoms with E-state index in [4.69, 9.17) is 0 Å². The van der Waals surface area contributed by atoms with Gasteiger partial charge in [0.05, 0.1) is 11.1 Å². The molecule has 1 saturated heterocycles. The Bertz CT molecular complexity index is 1070. The van der Waals surface area contributed by atoms with E-state index >= 15 is 0 Å². The van der Waals surface area contributed by atoms with Crippen molar-refractivity contribution in [2.45, 2.75) is 33.2 Å². The number of likely N-dealkylation sites (tertiary alicyclic amines) is 1. The second-order valence-electron chi connectivity index (χ2n) is 8.23. The number of pyridine rings is 1.